The van der Waals surface area contributed by atoms with Gasteiger partial charge in [-0.25, -0.2) is 19.2 Å². The number of esters is 3. The summed E-state index contributed by atoms with van der Waals surface area (Å²) >= 11 is 2.94. The summed E-state index contributed by atoms with van der Waals surface area (Å²) in [5.41, 5.74) is -3.63. The van der Waals surface area contributed by atoms with E-state index in [1.54, 1.807) is 104 Å². The lowest BCUT2D eigenvalue weighted by Crippen LogP contribution is -2.46. The molecule has 286 valence electrons. The number of rotatable bonds is 16. The van der Waals surface area contributed by atoms with E-state index < -0.39 is 70.2 Å². The average Bonchev–Trinajstić information content (AvgIpc) is 2.81. The van der Waals surface area contributed by atoms with E-state index in [-0.39, 0.29) is 19.4 Å². The number of ether oxygens (including phenoxy) is 5. The molecule has 2 amide bonds. The van der Waals surface area contributed by atoms with Gasteiger partial charge in [-0.1, -0.05) is 0 Å². The highest BCUT2D eigenvalue weighted by atomic mass is 32.2. The lowest BCUT2D eigenvalue weighted by atomic mass is 10.1. The van der Waals surface area contributed by atoms with Crippen LogP contribution in [0.4, 0.5) is 9.59 Å². The lowest BCUT2D eigenvalue weighted by molar-refractivity contribution is -0.158. The molecular formula is C34H63N3O10S2. The van der Waals surface area contributed by atoms with Crippen LogP contribution in [-0.4, -0.2) is 105 Å². The first-order valence-electron chi connectivity index (χ1n) is 16.5. The Morgan fingerprint density at radius 3 is 1.10 bits per heavy atom. The maximum atomic E-state index is 12.9. The van der Waals surface area contributed by atoms with Crippen molar-refractivity contribution in [1.82, 2.24) is 15.5 Å². The first kappa shape index (κ1) is 46.6. The molecule has 0 heterocycles. The van der Waals surface area contributed by atoms with Gasteiger partial charge < -0.3 is 34.3 Å². The van der Waals surface area contributed by atoms with Gasteiger partial charge >= 0.3 is 30.1 Å². The third kappa shape index (κ3) is 27.1. The molecule has 15 heteroatoms. The van der Waals surface area contributed by atoms with Crippen LogP contribution in [-0.2, 0) is 38.1 Å². The van der Waals surface area contributed by atoms with Gasteiger partial charge in [0, 0.05) is 11.8 Å². The third-order valence-electron chi connectivity index (χ3n) is 5.19. The smallest absolute Gasteiger partial charge is 0.408 e. The number of hydrogen-bond acceptors (Lipinski definition) is 13. The molecule has 13 nitrogen and oxygen atoms in total. The van der Waals surface area contributed by atoms with Gasteiger partial charge in [-0.15, -0.1) is 23.5 Å². The average molecular weight is 738 g/mol. The Morgan fingerprint density at radius 1 is 0.510 bits per heavy atom. The molecule has 0 aromatic carbocycles. The van der Waals surface area contributed by atoms with Crippen LogP contribution in [0.1, 0.15) is 117 Å². The Morgan fingerprint density at radius 2 is 0.816 bits per heavy atom. The Bertz CT molecular complexity index is 1010. The fraction of sp³-hybridized carbons (Fsp3) is 0.853. The summed E-state index contributed by atoms with van der Waals surface area (Å²) in [7, 11) is 0. The van der Waals surface area contributed by atoms with Crippen molar-refractivity contribution in [1.29, 1.82) is 0 Å². The molecule has 0 fully saturated rings. The Kier molecular flexibility index (Phi) is 18.9. The lowest BCUT2D eigenvalue weighted by Gasteiger charge is -2.27. The van der Waals surface area contributed by atoms with Crippen molar-refractivity contribution in [3.8, 4) is 0 Å². The molecule has 2 unspecified atom stereocenters. The summed E-state index contributed by atoms with van der Waals surface area (Å²) in [5.74, 6) is 0.187. The molecule has 0 saturated carbocycles. The third-order valence-corrected chi connectivity index (χ3v) is 7.33. The molecular weight excluding hydrogens is 675 g/mol. The first-order valence-corrected chi connectivity index (χ1v) is 18.8. The molecule has 0 saturated heterocycles. The molecule has 0 aliphatic heterocycles. The van der Waals surface area contributed by atoms with Crippen LogP contribution >= 0.6 is 23.5 Å². The maximum Gasteiger partial charge on any atom is 0.408 e. The van der Waals surface area contributed by atoms with Crippen molar-refractivity contribution in [2.45, 2.75) is 157 Å². The Hall–Kier alpha value is -2.39. The highest BCUT2D eigenvalue weighted by molar-refractivity contribution is 8.00. The van der Waals surface area contributed by atoms with Gasteiger partial charge in [-0.3, -0.25) is 9.69 Å². The standard InChI is InChI=1S/C34H63N3O10S2/c1-30(2,3)43-25(38)20-37(21-48-18-16-23(26(39)44-31(4,5)6)35-28(41)46-33(10,11)12)22-49-19-17-24(27(40)45-32(7,8)9)36-29(42)47-34(13,14)15/h23-24H,16-22H2,1-15H3,(H,35,41)(H,36,42). The molecule has 0 radical (unpaired) electrons. The maximum absolute atomic E-state index is 12.9. The van der Waals surface area contributed by atoms with E-state index in [1.165, 1.54) is 23.5 Å². The van der Waals surface area contributed by atoms with Gasteiger partial charge in [0.2, 0.25) is 0 Å². The highest BCUT2D eigenvalue weighted by Crippen LogP contribution is 2.18. The van der Waals surface area contributed by atoms with Crippen LogP contribution in [0.3, 0.4) is 0 Å². The predicted octanol–water partition coefficient (Wildman–Crippen LogP) is 6.26. The molecule has 0 bridgehead atoms. The quantitative estimate of drug-likeness (QED) is 0.0792. The number of nitrogens with one attached hydrogen (secondary N) is 2. The molecule has 2 N–H and O–H groups in total. The summed E-state index contributed by atoms with van der Waals surface area (Å²) in [4.78, 5) is 65.4. The van der Waals surface area contributed by atoms with Crippen molar-refractivity contribution in [3.63, 3.8) is 0 Å². The molecule has 49 heavy (non-hydrogen) atoms. The van der Waals surface area contributed by atoms with Crippen LogP contribution in [0.15, 0.2) is 0 Å². The molecule has 0 aliphatic rings. The van der Waals surface area contributed by atoms with Gasteiger partial charge in [0.15, 0.2) is 0 Å². The Labute approximate surface area is 302 Å². The summed E-state index contributed by atoms with van der Waals surface area (Å²) in [6, 6.07) is -1.87. The van der Waals surface area contributed by atoms with Crippen LogP contribution in [0.25, 0.3) is 0 Å². The van der Waals surface area contributed by atoms with Crippen molar-refractivity contribution in [2.24, 2.45) is 0 Å². The number of amides is 2. The predicted molar refractivity (Wildman–Crippen MR) is 194 cm³/mol. The van der Waals surface area contributed by atoms with E-state index in [0.717, 1.165) is 0 Å². The fourth-order valence-electron chi connectivity index (χ4n) is 3.62. The van der Waals surface area contributed by atoms with E-state index in [0.29, 0.717) is 23.3 Å². The van der Waals surface area contributed by atoms with E-state index in [1.807, 2.05) is 4.90 Å². The summed E-state index contributed by atoms with van der Waals surface area (Å²) in [5, 5.41) is 5.25. The van der Waals surface area contributed by atoms with E-state index in [2.05, 4.69) is 10.6 Å². The monoisotopic (exact) mass is 737 g/mol. The highest BCUT2D eigenvalue weighted by Gasteiger charge is 2.30. The van der Waals surface area contributed by atoms with Crippen LogP contribution in [0.5, 0.6) is 0 Å². The van der Waals surface area contributed by atoms with Crippen molar-refractivity contribution >= 4 is 53.6 Å². The fourth-order valence-corrected chi connectivity index (χ4v) is 5.68. The number of alkyl carbamates (subject to hydrolysis) is 2. The normalized spacial score (nSPS) is 14.0. The van der Waals surface area contributed by atoms with E-state index in [9.17, 15) is 24.0 Å². The summed E-state index contributed by atoms with van der Waals surface area (Å²) in [6.07, 6.45) is -0.912. The zero-order chi connectivity index (χ0) is 38.4. The van der Waals surface area contributed by atoms with Gasteiger partial charge in [0.05, 0.1) is 6.54 Å². The van der Waals surface area contributed by atoms with E-state index >= 15 is 0 Å². The molecule has 2 atom stereocenters. The summed E-state index contributed by atoms with van der Waals surface area (Å²) < 4.78 is 27.3. The van der Waals surface area contributed by atoms with Gasteiger partial charge in [-0.05, 0) is 128 Å². The van der Waals surface area contributed by atoms with Gasteiger partial charge in [0.25, 0.3) is 0 Å². The topological polar surface area (TPSA) is 159 Å². The van der Waals surface area contributed by atoms with Crippen molar-refractivity contribution in [3.05, 3.63) is 0 Å². The van der Waals surface area contributed by atoms with Crippen LogP contribution in [0, 0.1) is 0 Å². The SMILES string of the molecule is CC(C)(C)OC(=O)CN(CSCCC(NC(=O)OC(C)(C)C)C(=O)OC(C)(C)C)CSCCC(NC(=O)OC(C)(C)C)C(=O)OC(C)(C)C. The van der Waals surface area contributed by atoms with Crippen molar-refractivity contribution < 1.29 is 47.7 Å². The molecule has 0 rings (SSSR count). The minimum atomic E-state index is -0.933. The number of thioether (sulfide) groups is 2. The minimum absolute atomic E-state index is 0.00851. The van der Waals surface area contributed by atoms with Crippen LogP contribution < -0.4 is 10.6 Å². The second-order valence-electron chi connectivity index (χ2n) is 16.5. The largest absolute Gasteiger partial charge is 0.459 e. The minimum Gasteiger partial charge on any atom is -0.459 e. The van der Waals surface area contributed by atoms with Crippen molar-refractivity contribution in [2.75, 3.05) is 29.8 Å². The van der Waals surface area contributed by atoms with E-state index in [4.69, 9.17) is 23.7 Å². The number of carbonyl (C=O) groups is 5. The summed E-state index contributed by atoms with van der Waals surface area (Å²) in [6.45, 7) is 26.3. The molecule has 0 spiro atoms. The molecule has 0 aromatic rings. The molecule has 0 aromatic heterocycles. The van der Waals surface area contributed by atoms with Crippen LogP contribution in [0.2, 0.25) is 0 Å². The second kappa shape index (κ2) is 19.9. The van der Waals surface area contributed by atoms with Gasteiger partial charge in [-0.2, -0.15) is 0 Å². The number of nitrogens with zero attached hydrogens (tertiary/aromatic N) is 1. The first-order chi connectivity index (χ1) is 21.9. The Balaban J connectivity index is 5.54. The number of carbonyl (C=O) groups excluding carboxylic acids is 5. The number of hydrogen-bond donors (Lipinski definition) is 2. The zero-order valence-electron chi connectivity index (χ0n) is 32.5. The zero-order valence-corrected chi connectivity index (χ0v) is 34.1. The molecule has 0 aliphatic carbocycles. The van der Waals surface area contributed by atoms with Gasteiger partial charge in [0.1, 0.15) is 40.1 Å². The second-order valence-corrected chi connectivity index (χ2v) is 18.7.